The van der Waals surface area contributed by atoms with Gasteiger partial charge in [-0.25, -0.2) is 0 Å². The van der Waals surface area contributed by atoms with Gasteiger partial charge in [0, 0.05) is 13.5 Å². The highest BCUT2D eigenvalue weighted by Crippen LogP contribution is 2.22. The van der Waals surface area contributed by atoms with Gasteiger partial charge < -0.3 is 4.74 Å². The van der Waals surface area contributed by atoms with Crippen LogP contribution in [-0.4, -0.2) is 23.8 Å². The fraction of sp³-hybridized carbons (Fsp3) is 0.875. The highest BCUT2D eigenvalue weighted by atomic mass is 79.9. The summed E-state index contributed by atoms with van der Waals surface area (Å²) in [6.07, 6.45) is 3.91. The lowest BCUT2D eigenvalue weighted by Crippen LogP contribution is -2.28. The van der Waals surface area contributed by atoms with E-state index in [4.69, 9.17) is 4.74 Å². The number of halogens is 1. The van der Waals surface area contributed by atoms with Crippen LogP contribution in [0, 0.1) is 0 Å². The number of Topliss-reactive ketones (excluding diaryl/α,β-unsaturated/α-hetero) is 1. The molecule has 3 heteroatoms. The minimum Gasteiger partial charge on any atom is -0.380 e. The quantitative estimate of drug-likeness (QED) is 0.499. The fourth-order valence-electron chi connectivity index (χ4n) is 1.37. The molecule has 0 N–H and O–H groups in total. The predicted molar refractivity (Wildman–Crippen MR) is 47.0 cm³/mol. The molecule has 0 aromatic rings. The summed E-state index contributed by atoms with van der Waals surface area (Å²) in [5.74, 6) is 0.286. The third-order valence-electron chi connectivity index (χ3n) is 2.10. The second-order valence-electron chi connectivity index (χ2n) is 2.89. The van der Waals surface area contributed by atoms with Gasteiger partial charge in [-0.3, -0.25) is 4.79 Å². The van der Waals surface area contributed by atoms with Crippen molar-refractivity contribution in [3.8, 4) is 0 Å². The second-order valence-corrected chi connectivity index (χ2v) is 3.87. The van der Waals surface area contributed by atoms with Crippen molar-refractivity contribution in [2.75, 3.05) is 7.11 Å². The Morgan fingerprint density at radius 3 is 2.91 bits per heavy atom. The van der Waals surface area contributed by atoms with Crippen molar-refractivity contribution in [2.24, 2.45) is 0 Å². The molecular weight excluding hydrogens is 208 g/mol. The van der Waals surface area contributed by atoms with Crippen molar-refractivity contribution in [1.29, 1.82) is 0 Å². The van der Waals surface area contributed by atoms with Crippen molar-refractivity contribution in [2.45, 2.75) is 36.6 Å². The van der Waals surface area contributed by atoms with Gasteiger partial charge >= 0.3 is 0 Å². The summed E-state index contributed by atoms with van der Waals surface area (Å²) in [5.41, 5.74) is 0. The van der Waals surface area contributed by atoms with Crippen LogP contribution in [-0.2, 0) is 9.53 Å². The summed E-state index contributed by atoms with van der Waals surface area (Å²) < 4.78 is 5.19. The maximum Gasteiger partial charge on any atom is 0.149 e. The molecule has 2 nitrogen and oxygen atoms in total. The number of alkyl halides is 1. The number of hydrogen-bond donors (Lipinski definition) is 0. The molecule has 0 spiro atoms. The van der Waals surface area contributed by atoms with Gasteiger partial charge in [0.1, 0.15) is 5.78 Å². The van der Waals surface area contributed by atoms with Crippen LogP contribution < -0.4 is 0 Å². The van der Waals surface area contributed by atoms with E-state index < -0.39 is 0 Å². The second kappa shape index (κ2) is 4.21. The maximum atomic E-state index is 11.3. The molecule has 0 aliphatic heterocycles. The monoisotopic (exact) mass is 220 g/mol. The third-order valence-corrected chi connectivity index (χ3v) is 3.20. The average Bonchev–Trinajstić information content (AvgIpc) is 2.16. The Hall–Kier alpha value is 0.110. The number of rotatable bonds is 1. The molecule has 0 radical (unpaired) electrons. The summed E-state index contributed by atoms with van der Waals surface area (Å²) >= 11 is 3.36. The Morgan fingerprint density at radius 2 is 2.27 bits per heavy atom. The lowest BCUT2D eigenvalue weighted by Gasteiger charge is -2.16. The van der Waals surface area contributed by atoms with Gasteiger partial charge in [-0.05, 0) is 12.8 Å². The molecule has 0 saturated heterocycles. The highest BCUT2D eigenvalue weighted by Gasteiger charge is 2.27. The van der Waals surface area contributed by atoms with Crippen LogP contribution >= 0.6 is 15.9 Å². The van der Waals surface area contributed by atoms with Gasteiger partial charge in [0.2, 0.25) is 0 Å². The van der Waals surface area contributed by atoms with Crippen molar-refractivity contribution in [3.63, 3.8) is 0 Å². The van der Waals surface area contributed by atoms with Crippen molar-refractivity contribution in [1.82, 2.24) is 0 Å². The molecule has 1 aliphatic rings. The minimum atomic E-state index is -0.0741. The van der Waals surface area contributed by atoms with E-state index in [-0.39, 0.29) is 16.7 Å². The molecule has 2 unspecified atom stereocenters. The van der Waals surface area contributed by atoms with E-state index in [0.717, 1.165) is 19.3 Å². The SMILES string of the molecule is COC1CCCCC(=O)C1Br. The van der Waals surface area contributed by atoms with Crippen LogP contribution in [0.2, 0.25) is 0 Å². The summed E-state index contributed by atoms with van der Waals surface area (Å²) in [7, 11) is 1.66. The number of carbonyl (C=O) groups excluding carboxylic acids is 1. The van der Waals surface area contributed by atoms with Gasteiger partial charge in [0.25, 0.3) is 0 Å². The van der Waals surface area contributed by atoms with Gasteiger partial charge in [0.05, 0.1) is 10.9 Å². The van der Waals surface area contributed by atoms with Crippen LogP contribution in [0.3, 0.4) is 0 Å². The standard InChI is InChI=1S/C8H13BrO2/c1-11-7-5-3-2-4-6(10)8(7)9/h7-8H,2-5H2,1H3. The predicted octanol–water partition coefficient (Wildman–Crippen LogP) is 1.91. The first kappa shape index (κ1) is 9.20. The van der Waals surface area contributed by atoms with Crippen molar-refractivity contribution >= 4 is 21.7 Å². The van der Waals surface area contributed by atoms with E-state index >= 15 is 0 Å². The van der Waals surface area contributed by atoms with Crippen LogP contribution in [0.25, 0.3) is 0 Å². The first-order valence-electron chi connectivity index (χ1n) is 3.95. The van der Waals surface area contributed by atoms with E-state index in [2.05, 4.69) is 15.9 Å². The Balaban J connectivity index is 2.56. The largest absolute Gasteiger partial charge is 0.380 e. The number of ketones is 1. The molecule has 0 heterocycles. The lowest BCUT2D eigenvalue weighted by molar-refractivity contribution is -0.120. The summed E-state index contributed by atoms with van der Waals surface area (Å²) in [5, 5.41) is 0. The molecule has 0 bridgehead atoms. The molecule has 0 aromatic carbocycles. The smallest absolute Gasteiger partial charge is 0.149 e. The number of carbonyl (C=O) groups is 1. The van der Waals surface area contributed by atoms with E-state index in [1.54, 1.807) is 7.11 Å². The number of methoxy groups -OCH3 is 1. The Morgan fingerprint density at radius 1 is 1.55 bits per heavy atom. The Kier molecular flexibility index (Phi) is 3.52. The highest BCUT2D eigenvalue weighted by molar-refractivity contribution is 9.10. The molecule has 0 aromatic heterocycles. The van der Waals surface area contributed by atoms with Gasteiger partial charge in [-0.2, -0.15) is 0 Å². The van der Waals surface area contributed by atoms with E-state index in [9.17, 15) is 4.79 Å². The van der Waals surface area contributed by atoms with Crippen LogP contribution in [0.1, 0.15) is 25.7 Å². The zero-order valence-corrected chi connectivity index (χ0v) is 8.26. The molecule has 1 aliphatic carbocycles. The maximum absolute atomic E-state index is 11.3. The minimum absolute atomic E-state index is 0.0741. The normalized spacial score (nSPS) is 33.5. The first-order chi connectivity index (χ1) is 5.25. The number of ether oxygens (including phenoxy) is 1. The van der Waals surface area contributed by atoms with E-state index in [1.165, 1.54) is 0 Å². The van der Waals surface area contributed by atoms with Gasteiger partial charge in [-0.1, -0.05) is 22.4 Å². The fourth-order valence-corrected chi connectivity index (χ4v) is 2.08. The topological polar surface area (TPSA) is 26.3 Å². The Labute approximate surface area is 75.4 Å². The molecule has 0 amide bonds. The molecule has 1 fully saturated rings. The lowest BCUT2D eigenvalue weighted by atomic mass is 10.1. The molecule has 1 rings (SSSR count). The summed E-state index contributed by atoms with van der Waals surface area (Å²) in [6.45, 7) is 0. The summed E-state index contributed by atoms with van der Waals surface area (Å²) in [6, 6.07) is 0. The van der Waals surface area contributed by atoms with E-state index in [0.29, 0.717) is 6.42 Å². The summed E-state index contributed by atoms with van der Waals surface area (Å²) in [4.78, 5) is 11.2. The van der Waals surface area contributed by atoms with Crippen molar-refractivity contribution < 1.29 is 9.53 Å². The average molecular weight is 221 g/mol. The van der Waals surface area contributed by atoms with Crippen LogP contribution in [0.4, 0.5) is 0 Å². The van der Waals surface area contributed by atoms with Crippen LogP contribution in [0.5, 0.6) is 0 Å². The van der Waals surface area contributed by atoms with Crippen molar-refractivity contribution in [3.05, 3.63) is 0 Å². The van der Waals surface area contributed by atoms with Gasteiger partial charge in [0.15, 0.2) is 0 Å². The first-order valence-corrected chi connectivity index (χ1v) is 4.87. The van der Waals surface area contributed by atoms with Crippen LogP contribution in [0.15, 0.2) is 0 Å². The molecular formula is C8H13BrO2. The zero-order chi connectivity index (χ0) is 8.27. The van der Waals surface area contributed by atoms with Gasteiger partial charge in [-0.15, -0.1) is 0 Å². The third kappa shape index (κ3) is 2.27. The molecule has 11 heavy (non-hydrogen) atoms. The number of hydrogen-bond acceptors (Lipinski definition) is 2. The zero-order valence-electron chi connectivity index (χ0n) is 6.68. The Bertz CT molecular complexity index is 147. The molecule has 1 saturated carbocycles. The molecule has 64 valence electrons. The molecule has 2 atom stereocenters. The van der Waals surface area contributed by atoms with E-state index in [1.807, 2.05) is 0 Å².